The summed E-state index contributed by atoms with van der Waals surface area (Å²) in [5.74, 6) is -1.33. The second-order valence-electron chi connectivity index (χ2n) is 8.19. The second-order valence-corrected chi connectivity index (χ2v) is 10.4. The maximum Gasteiger partial charge on any atom is 0.338 e. The predicted octanol–water partition coefficient (Wildman–Crippen LogP) is 4.84. The molecule has 35 heavy (non-hydrogen) atoms. The third kappa shape index (κ3) is 5.18. The first-order valence-electron chi connectivity index (χ1n) is 11.2. The molecule has 0 aromatic heterocycles. The van der Waals surface area contributed by atoms with Gasteiger partial charge in [0.1, 0.15) is 4.90 Å². The van der Waals surface area contributed by atoms with Crippen LogP contribution in [0, 0.1) is 0 Å². The van der Waals surface area contributed by atoms with Gasteiger partial charge >= 0.3 is 5.97 Å². The Morgan fingerprint density at radius 1 is 1.09 bits per heavy atom. The Balaban J connectivity index is 1.50. The van der Waals surface area contributed by atoms with E-state index in [-0.39, 0.29) is 22.0 Å². The van der Waals surface area contributed by atoms with Crippen LogP contribution in [0.15, 0.2) is 71.6 Å². The van der Waals surface area contributed by atoms with Crippen molar-refractivity contribution in [2.75, 3.05) is 16.2 Å². The van der Waals surface area contributed by atoms with Crippen LogP contribution in [0.2, 0.25) is 5.02 Å². The number of hydrogen-bond donors (Lipinski definition) is 1. The molecule has 1 atom stereocenters. The SMILES string of the molecule is CCc1ccc(NC(=O)[C@@H](C)OC(=O)c2ccc(Cl)c(S(=O)(=O)N3CCc4ccccc43)c2)cc1. The van der Waals surface area contributed by atoms with Crippen molar-refractivity contribution in [2.45, 2.75) is 37.7 Å². The quantitative estimate of drug-likeness (QED) is 0.457. The van der Waals surface area contributed by atoms with Crippen molar-refractivity contribution in [3.05, 3.63) is 88.4 Å². The van der Waals surface area contributed by atoms with Crippen LogP contribution in [0.3, 0.4) is 0 Å². The third-order valence-electron chi connectivity index (χ3n) is 5.86. The molecule has 1 N–H and O–H groups in total. The highest BCUT2D eigenvalue weighted by Crippen LogP contribution is 2.35. The lowest BCUT2D eigenvalue weighted by atomic mass is 10.1. The van der Waals surface area contributed by atoms with E-state index >= 15 is 0 Å². The van der Waals surface area contributed by atoms with Crippen molar-refractivity contribution in [1.29, 1.82) is 0 Å². The van der Waals surface area contributed by atoms with Gasteiger partial charge in [-0.3, -0.25) is 9.10 Å². The maximum absolute atomic E-state index is 13.4. The van der Waals surface area contributed by atoms with Gasteiger partial charge in [0.2, 0.25) is 0 Å². The minimum Gasteiger partial charge on any atom is -0.449 e. The molecule has 0 unspecified atom stereocenters. The number of halogens is 1. The second kappa shape index (κ2) is 10.1. The summed E-state index contributed by atoms with van der Waals surface area (Å²) in [6.07, 6.45) is 0.364. The highest BCUT2D eigenvalue weighted by atomic mass is 35.5. The van der Waals surface area contributed by atoms with Crippen LogP contribution >= 0.6 is 11.6 Å². The topological polar surface area (TPSA) is 92.8 Å². The molecule has 182 valence electrons. The molecule has 1 heterocycles. The lowest BCUT2D eigenvalue weighted by Gasteiger charge is -2.21. The van der Waals surface area contributed by atoms with E-state index in [0.717, 1.165) is 17.5 Å². The largest absolute Gasteiger partial charge is 0.449 e. The number of carbonyl (C=O) groups excluding carboxylic acids is 2. The van der Waals surface area contributed by atoms with Crippen molar-refractivity contribution in [1.82, 2.24) is 0 Å². The molecule has 0 bridgehead atoms. The van der Waals surface area contributed by atoms with Gasteiger partial charge in [-0.2, -0.15) is 0 Å². The number of fused-ring (bicyclic) bond motifs is 1. The first-order valence-corrected chi connectivity index (χ1v) is 13.0. The first kappa shape index (κ1) is 24.8. The summed E-state index contributed by atoms with van der Waals surface area (Å²) in [5.41, 5.74) is 3.21. The zero-order chi connectivity index (χ0) is 25.2. The number of ether oxygens (including phenoxy) is 1. The Morgan fingerprint density at radius 3 is 2.51 bits per heavy atom. The molecule has 0 saturated heterocycles. The Bertz CT molecular complexity index is 1370. The number of sulfonamides is 1. The molecule has 0 aliphatic carbocycles. The fourth-order valence-corrected chi connectivity index (χ4v) is 5.86. The van der Waals surface area contributed by atoms with Gasteiger partial charge in [-0.15, -0.1) is 0 Å². The van der Waals surface area contributed by atoms with E-state index in [1.807, 2.05) is 31.2 Å². The number of carbonyl (C=O) groups is 2. The van der Waals surface area contributed by atoms with E-state index in [4.69, 9.17) is 16.3 Å². The molecular weight excluding hydrogens is 488 g/mol. The fourth-order valence-electron chi connectivity index (χ4n) is 3.85. The molecule has 0 radical (unpaired) electrons. The number of esters is 1. The molecule has 1 amide bonds. The molecule has 4 rings (SSSR count). The van der Waals surface area contributed by atoms with Gasteiger partial charge in [0, 0.05) is 12.2 Å². The van der Waals surface area contributed by atoms with Crippen molar-refractivity contribution in [3.8, 4) is 0 Å². The minimum absolute atomic E-state index is 0.00718. The molecule has 7 nitrogen and oxygen atoms in total. The first-order chi connectivity index (χ1) is 16.7. The Labute approximate surface area is 209 Å². The number of nitrogens with one attached hydrogen (secondary N) is 1. The third-order valence-corrected chi connectivity index (χ3v) is 8.16. The number of rotatable bonds is 7. The van der Waals surface area contributed by atoms with E-state index in [9.17, 15) is 18.0 Å². The van der Waals surface area contributed by atoms with Crippen molar-refractivity contribution < 1.29 is 22.7 Å². The van der Waals surface area contributed by atoms with E-state index in [2.05, 4.69) is 5.32 Å². The molecular formula is C26H25ClN2O5S. The van der Waals surface area contributed by atoms with E-state index in [1.54, 1.807) is 24.3 Å². The Hall–Kier alpha value is -3.36. The van der Waals surface area contributed by atoms with E-state index in [0.29, 0.717) is 17.8 Å². The van der Waals surface area contributed by atoms with Crippen LogP contribution < -0.4 is 9.62 Å². The average Bonchev–Trinajstić information content (AvgIpc) is 3.29. The molecule has 1 aliphatic heterocycles. The normalized spacial score (nSPS) is 13.7. The van der Waals surface area contributed by atoms with Crippen molar-refractivity contribution in [2.24, 2.45) is 0 Å². The summed E-state index contributed by atoms with van der Waals surface area (Å²) in [6, 6.07) is 18.5. The zero-order valence-electron chi connectivity index (χ0n) is 19.3. The molecule has 3 aromatic rings. The van der Waals surface area contributed by atoms with Gasteiger partial charge in [0.05, 0.1) is 16.3 Å². The van der Waals surface area contributed by atoms with Gasteiger partial charge in [0.15, 0.2) is 6.10 Å². The summed E-state index contributed by atoms with van der Waals surface area (Å²) in [5, 5.41) is 2.69. The average molecular weight is 513 g/mol. The van der Waals surface area contributed by atoms with Crippen LogP contribution in [0.25, 0.3) is 0 Å². The number of amides is 1. The molecule has 0 saturated carbocycles. The van der Waals surface area contributed by atoms with Gasteiger partial charge in [0.25, 0.3) is 15.9 Å². The van der Waals surface area contributed by atoms with Crippen LogP contribution in [-0.2, 0) is 32.4 Å². The number of benzene rings is 3. The van der Waals surface area contributed by atoms with Crippen molar-refractivity contribution >= 4 is 44.9 Å². The number of hydrogen-bond acceptors (Lipinski definition) is 5. The van der Waals surface area contributed by atoms with E-state index < -0.39 is 28.0 Å². The molecule has 9 heteroatoms. The van der Waals surface area contributed by atoms with Gasteiger partial charge < -0.3 is 10.1 Å². The fraction of sp³-hybridized carbons (Fsp3) is 0.231. The number of nitrogens with zero attached hydrogens (tertiary/aromatic N) is 1. The van der Waals surface area contributed by atoms with Gasteiger partial charge in [-0.25, -0.2) is 13.2 Å². The lowest BCUT2D eigenvalue weighted by molar-refractivity contribution is -0.123. The number of para-hydroxylation sites is 1. The Morgan fingerprint density at radius 2 is 1.80 bits per heavy atom. The number of anilines is 2. The summed E-state index contributed by atoms with van der Waals surface area (Å²) >= 11 is 6.24. The standard InChI is InChI=1S/C26H25ClN2O5S/c1-3-18-8-11-21(12-9-18)28-25(30)17(2)34-26(31)20-10-13-22(27)24(16-20)35(32,33)29-15-14-19-6-4-5-7-23(19)29/h4-13,16-17H,3,14-15H2,1-2H3,(H,28,30)/t17-/m1/s1. The smallest absolute Gasteiger partial charge is 0.338 e. The molecule has 3 aromatic carbocycles. The molecule has 1 aliphatic rings. The van der Waals surface area contributed by atoms with E-state index in [1.165, 1.54) is 29.4 Å². The molecule has 0 fully saturated rings. The van der Waals surface area contributed by atoms with Crippen molar-refractivity contribution in [3.63, 3.8) is 0 Å². The number of aryl methyl sites for hydroxylation is 1. The Kier molecular flexibility index (Phi) is 7.14. The summed E-state index contributed by atoms with van der Waals surface area (Å²) in [6.45, 7) is 3.76. The predicted molar refractivity (Wildman–Crippen MR) is 135 cm³/mol. The van der Waals surface area contributed by atoms with Crippen LogP contribution in [0.5, 0.6) is 0 Å². The summed E-state index contributed by atoms with van der Waals surface area (Å²) < 4.78 is 33.4. The van der Waals surface area contributed by atoms with Crippen LogP contribution in [-0.4, -0.2) is 32.9 Å². The zero-order valence-corrected chi connectivity index (χ0v) is 20.9. The van der Waals surface area contributed by atoms with Gasteiger partial charge in [-0.1, -0.05) is 48.9 Å². The summed E-state index contributed by atoms with van der Waals surface area (Å²) in [7, 11) is -4.02. The summed E-state index contributed by atoms with van der Waals surface area (Å²) in [4.78, 5) is 25.0. The highest BCUT2D eigenvalue weighted by Gasteiger charge is 2.33. The van der Waals surface area contributed by atoms with Crippen LogP contribution in [0.1, 0.15) is 35.3 Å². The monoisotopic (exact) mass is 512 g/mol. The van der Waals surface area contributed by atoms with Gasteiger partial charge in [-0.05, 0) is 67.3 Å². The highest BCUT2D eigenvalue weighted by molar-refractivity contribution is 7.93. The minimum atomic E-state index is -4.02. The maximum atomic E-state index is 13.4. The molecule has 0 spiro atoms. The van der Waals surface area contributed by atoms with Crippen LogP contribution in [0.4, 0.5) is 11.4 Å². The lowest BCUT2D eigenvalue weighted by Crippen LogP contribution is -2.31.